The zero-order valence-electron chi connectivity index (χ0n) is 22.5. The number of hydrogen-bond acceptors (Lipinski definition) is 6. The van der Waals surface area contributed by atoms with E-state index in [1.54, 1.807) is 4.90 Å². The van der Waals surface area contributed by atoms with Crippen LogP contribution in [0.5, 0.6) is 0 Å². The van der Waals surface area contributed by atoms with Crippen LogP contribution in [0.3, 0.4) is 0 Å². The Labute approximate surface area is 214 Å². The zero-order valence-corrected chi connectivity index (χ0v) is 22.5. The first kappa shape index (κ1) is 26.9. The van der Waals surface area contributed by atoms with Gasteiger partial charge in [0.25, 0.3) is 0 Å². The van der Waals surface area contributed by atoms with Crippen LogP contribution in [0.15, 0.2) is 24.3 Å². The molecule has 6 atom stereocenters. The minimum absolute atomic E-state index is 0.107. The van der Waals surface area contributed by atoms with Crippen molar-refractivity contribution in [3.05, 3.63) is 24.3 Å². The highest BCUT2D eigenvalue weighted by Gasteiger charge is 2.76. The Kier molecular flexibility index (Phi) is 7.16. The van der Waals surface area contributed by atoms with Gasteiger partial charge in [0.2, 0.25) is 11.8 Å². The highest BCUT2D eigenvalue weighted by molar-refractivity contribution is 5.99. The third kappa shape index (κ3) is 4.01. The molecule has 200 valence electrons. The van der Waals surface area contributed by atoms with Crippen LogP contribution in [-0.2, 0) is 23.9 Å². The van der Waals surface area contributed by atoms with E-state index < -0.39 is 46.6 Å². The van der Waals surface area contributed by atoms with E-state index in [1.807, 2.05) is 65.8 Å². The molecule has 4 aliphatic rings. The quantitative estimate of drug-likeness (QED) is 0.469. The summed E-state index contributed by atoms with van der Waals surface area (Å²) in [6.07, 6.45) is 10.6. The van der Waals surface area contributed by atoms with Gasteiger partial charge in [0.1, 0.15) is 23.2 Å². The molecule has 2 amide bonds. The Bertz CT molecular complexity index is 952. The number of rotatable bonds is 4. The van der Waals surface area contributed by atoms with Gasteiger partial charge in [0, 0.05) is 12.1 Å². The second-order valence-corrected chi connectivity index (χ2v) is 11.9. The maximum atomic E-state index is 14.4. The van der Waals surface area contributed by atoms with E-state index in [9.17, 15) is 19.5 Å². The second kappa shape index (κ2) is 9.60. The molecule has 4 heterocycles. The Morgan fingerprint density at radius 3 is 2.42 bits per heavy atom. The van der Waals surface area contributed by atoms with Crippen molar-refractivity contribution in [2.24, 2.45) is 17.8 Å². The second-order valence-electron chi connectivity index (χ2n) is 11.9. The van der Waals surface area contributed by atoms with Crippen LogP contribution >= 0.6 is 0 Å². The molecule has 0 bridgehead atoms. The lowest BCUT2D eigenvalue weighted by molar-refractivity contribution is -0.165. The van der Waals surface area contributed by atoms with Crippen LogP contribution in [0.25, 0.3) is 0 Å². The first-order valence-electron chi connectivity index (χ1n) is 13.4. The molecule has 36 heavy (non-hydrogen) atoms. The molecule has 0 aromatic carbocycles. The van der Waals surface area contributed by atoms with Crippen LogP contribution in [0, 0.1) is 17.8 Å². The van der Waals surface area contributed by atoms with Gasteiger partial charge in [0.15, 0.2) is 0 Å². The molecule has 4 aliphatic heterocycles. The number of ether oxygens (including phenoxy) is 2. The fraction of sp³-hybridized carbons (Fsp3) is 0.750. The monoisotopic (exact) mass is 502 g/mol. The normalized spacial score (nSPS) is 36.8. The number of likely N-dealkylation sites (tertiary alicyclic amines) is 1. The van der Waals surface area contributed by atoms with E-state index in [1.165, 1.54) is 4.90 Å². The topological polar surface area (TPSA) is 96.4 Å². The summed E-state index contributed by atoms with van der Waals surface area (Å²) in [7, 11) is 0. The van der Waals surface area contributed by atoms with E-state index >= 15 is 0 Å². The highest BCUT2D eigenvalue weighted by atomic mass is 16.6. The van der Waals surface area contributed by atoms with Crippen LogP contribution in [0.2, 0.25) is 0 Å². The lowest BCUT2D eigenvalue weighted by Gasteiger charge is -2.44. The van der Waals surface area contributed by atoms with Crippen molar-refractivity contribution in [1.82, 2.24) is 9.80 Å². The van der Waals surface area contributed by atoms with Crippen LogP contribution in [0.1, 0.15) is 67.2 Å². The van der Waals surface area contributed by atoms with Gasteiger partial charge >= 0.3 is 5.97 Å². The molecule has 0 saturated carbocycles. The highest BCUT2D eigenvalue weighted by Crippen LogP contribution is 2.59. The molecule has 4 rings (SSSR count). The van der Waals surface area contributed by atoms with Crippen LogP contribution in [-0.4, -0.2) is 81.3 Å². The van der Waals surface area contributed by atoms with Crippen molar-refractivity contribution in [2.45, 2.75) is 96.1 Å². The Hall–Kier alpha value is -2.19. The van der Waals surface area contributed by atoms with Crippen molar-refractivity contribution in [2.75, 3.05) is 19.8 Å². The number of carbonyl (C=O) groups excluding carboxylic acids is 3. The molecule has 2 fully saturated rings. The molecule has 1 N–H and O–H groups in total. The number of fused-ring (bicyclic) bond motifs is 2. The van der Waals surface area contributed by atoms with Crippen molar-refractivity contribution < 1.29 is 29.0 Å². The van der Waals surface area contributed by atoms with Crippen molar-refractivity contribution in [3.63, 3.8) is 0 Å². The van der Waals surface area contributed by atoms with Crippen molar-refractivity contribution in [1.29, 1.82) is 0 Å². The number of aliphatic hydroxyl groups is 1. The van der Waals surface area contributed by atoms with Crippen LogP contribution in [0.4, 0.5) is 0 Å². The fourth-order valence-electron chi connectivity index (χ4n) is 6.56. The van der Waals surface area contributed by atoms with Gasteiger partial charge in [-0.3, -0.25) is 14.4 Å². The van der Waals surface area contributed by atoms with Crippen molar-refractivity contribution in [3.8, 4) is 0 Å². The van der Waals surface area contributed by atoms with E-state index in [-0.39, 0.29) is 24.3 Å². The number of amides is 2. The molecule has 0 aliphatic carbocycles. The standard InChI is InChI=1S/C28H42N2O6/c1-7-27-13-10-8-9-11-16-35-25(34)21(27)20-23(32)30(19(17-31)18(2)3)22-24(33)29(26(4,5)6)15-12-14-28(20,22)36-27/h10,12-14,18-22,31H,7-9,11,15-17H2,1-6H3/b13-10-/t19-,20-,21-,22?,27+,28-/m0/s1. The summed E-state index contributed by atoms with van der Waals surface area (Å²) in [5.41, 5.74) is -2.90. The molecule has 0 aromatic rings. The van der Waals surface area contributed by atoms with Gasteiger partial charge < -0.3 is 24.4 Å². The third-order valence-electron chi connectivity index (χ3n) is 8.44. The Morgan fingerprint density at radius 1 is 1.08 bits per heavy atom. The van der Waals surface area contributed by atoms with E-state index in [4.69, 9.17) is 9.47 Å². The molecule has 0 aromatic heterocycles. The molecular weight excluding hydrogens is 460 g/mol. The summed E-state index contributed by atoms with van der Waals surface area (Å²) in [5.74, 6) is -2.93. The maximum Gasteiger partial charge on any atom is 0.313 e. The SMILES string of the molecule is CC[C@@]12/C=C\CCCCOC(=O)[C@@H]1[C@H]1C(=O)N([C@@H](CO)C(C)C)C3C(=O)N(C(C)(C)C)CC=C[C@@]31O2. The minimum Gasteiger partial charge on any atom is -0.465 e. The molecule has 2 saturated heterocycles. The Morgan fingerprint density at radius 2 is 1.81 bits per heavy atom. The number of esters is 1. The predicted octanol–water partition coefficient (Wildman–Crippen LogP) is 2.84. The van der Waals surface area contributed by atoms with Gasteiger partial charge in [-0.1, -0.05) is 45.1 Å². The first-order chi connectivity index (χ1) is 16.9. The van der Waals surface area contributed by atoms with Gasteiger partial charge in [-0.05, 0) is 52.4 Å². The summed E-state index contributed by atoms with van der Waals surface area (Å²) in [4.78, 5) is 45.6. The average Bonchev–Trinajstić information content (AvgIpc) is 3.15. The fourth-order valence-corrected chi connectivity index (χ4v) is 6.56. The summed E-state index contributed by atoms with van der Waals surface area (Å²) < 4.78 is 12.6. The van der Waals surface area contributed by atoms with Gasteiger partial charge in [-0.25, -0.2) is 0 Å². The predicted molar refractivity (Wildman–Crippen MR) is 135 cm³/mol. The lowest BCUT2D eigenvalue weighted by Crippen LogP contribution is -2.62. The van der Waals surface area contributed by atoms with E-state index in [2.05, 4.69) is 0 Å². The largest absolute Gasteiger partial charge is 0.465 e. The lowest BCUT2D eigenvalue weighted by atomic mass is 9.73. The summed E-state index contributed by atoms with van der Waals surface area (Å²) in [6, 6.07) is -1.58. The number of aliphatic hydroxyl groups excluding tert-OH is 1. The van der Waals surface area contributed by atoms with E-state index in [0.29, 0.717) is 19.6 Å². The number of allylic oxidation sites excluding steroid dienone is 1. The maximum absolute atomic E-state index is 14.4. The molecule has 0 radical (unpaired) electrons. The first-order valence-corrected chi connectivity index (χ1v) is 13.4. The Balaban J connectivity index is 1.95. The van der Waals surface area contributed by atoms with Gasteiger partial charge in [0.05, 0.1) is 25.2 Å². The van der Waals surface area contributed by atoms with Crippen LogP contribution < -0.4 is 0 Å². The summed E-state index contributed by atoms with van der Waals surface area (Å²) in [5, 5.41) is 10.4. The summed E-state index contributed by atoms with van der Waals surface area (Å²) in [6.45, 7) is 12.1. The summed E-state index contributed by atoms with van der Waals surface area (Å²) >= 11 is 0. The average molecular weight is 503 g/mol. The van der Waals surface area contributed by atoms with Gasteiger partial charge in [-0.15, -0.1) is 0 Å². The zero-order chi connectivity index (χ0) is 26.5. The molecular formula is C28H42N2O6. The molecule has 8 nitrogen and oxygen atoms in total. The molecule has 1 spiro atoms. The van der Waals surface area contributed by atoms with Gasteiger partial charge in [-0.2, -0.15) is 0 Å². The number of cyclic esters (lactones) is 1. The minimum atomic E-state index is -1.34. The molecule has 8 heteroatoms. The number of carbonyl (C=O) groups is 3. The third-order valence-corrected chi connectivity index (χ3v) is 8.44. The molecule has 1 unspecified atom stereocenters. The van der Waals surface area contributed by atoms with Crippen molar-refractivity contribution >= 4 is 17.8 Å². The smallest absolute Gasteiger partial charge is 0.313 e. The number of hydrogen-bond donors (Lipinski definition) is 1. The number of nitrogens with zero attached hydrogens (tertiary/aromatic N) is 2. The van der Waals surface area contributed by atoms with E-state index in [0.717, 1.165) is 19.3 Å².